The number of thiazole rings is 1. The summed E-state index contributed by atoms with van der Waals surface area (Å²) in [5.74, 6) is -0.767. The van der Waals surface area contributed by atoms with E-state index in [1.165, 1.54) is 16.2 Å². The second kappa shape index (κ2) is 7.74. The molecule has 1 aliphatic heterocycles. The van der Waals surface area contributed by atoms with Crippen LogP contribution in [0.1, 0.15) is 43.5 Å². The molecule has 29 heavy (non-hydrogen) atoms. The first kappa shape index (κ1) is 19.8. The van der Waals surface area contributed by atoms with Crippen LogP contribution in [0.2, 0.25) is 0 Å². The maximum absolute atomic E-state index is 12.5. The van der Waals surface area contributed by atoms with Gasteiger partial charge in [0.25, 0.3) is 0 Å². The summed E-state index contributed by atoms with van der Waals surface area (Å²) >= 11 is 1.37. The van der Waals surface area contributed by atoms with E-state index in [0.717, 1.165) is 48.3 Å². The molecule has 2 fully saturated rings. The third-order valence-electron chi connectivity index (χ3n) is 6.30. The van der Waals surface area contributed by atoms with Gasteiger partial charge < -0.3 is 9.88 Å². The van der Waals surface area contributed by atoms with Gasteiger partial charge in [-0.15, -0.1) is 11.3 Å². The molecule has 3 amide bonds. The van der Waals surface area contributed by atoms with E-state index in [0.29, 0.717) is 5.13 Å². The quantitative estimate of drug-likeness (QED) is 0.761. The molecule has 2 aliphatic rings. The van der Waals surface area contributed by atoms with Crippen molar-refractivity contribution < 1.29 is 14.4 Å². The van der Waals surface area contributed by atoms with Crippen LogP contribution in [0.4, 0.5) is 5.13 Å². The van der Waals surface area contributed by atoms with Crippen molar-refractivity contribution in [1.29, 1.82) is 0 Å². The van der Waals surface area contributed by atoms with Crippen molar-refractivity contribution in [3.8, 4) is 11.3 Å². The lowest BCUT2D eigenvalue weighted by molar-refractivity contribution is -0.140. The Balaban J connectivity index is 1.36. The number of carbonyl (C=O) groups excluding carboxylic acids is 3. The minimum absolute atomic E-state index is 0.0926. The first-order valence-corrected chi connectivity index (χ1v) is 11.0. The van der Waals surface area contributed by atoms with Crippen molar-refractivity contribution in [1.82, 2.24) is 14.5 Å². The number of anilines is 1. The van der Waals surface area contributed by atoms with Crippen LogP contribution in [0, 0.1) is 25.7 Å². The monoisotopic (exact) mass is 414 g/mol. The second-order valence-electron chi connectivity index (χ2n) is 8.01. The Labute approximate surface area is 174 Å². The van der Waals surface area contributed by atoms with Crippen LogP contribution in [0.15, 0.2) is 11.4 Å². The first-order valence-electron chi connectivity index (χ1n) is 10.1. The molecule has 1 aliphatic carbocycles. The summed E-state index contributed by atoms with van der Waals surface area (Å²) in [7, 11) is 2.01. The van der Waals surface area contributed by atoms with Gasteiger partial charge in [0.15, 0.2) is 5.13 Å². The molecule has 0 unspecified atom stereocenters. The molecule has 3 heterocycles. The average molecular weight is 415 g/mol. The highest BCUT2D eigenvalue weighted by atomic mass is 32.1. The van der Waals surface area contributed by atoms with Gasteiger partial charge in [0.2, 0.25) is 17.7 Å². The summed E-state index contributed by atoms with van der Waals surface area (Å²) in [5.41, 5.74) is 4.16. The van der Waals surface area contributed by atoms with Gasteiger partial charge in [-0.05, 0) is 32.8 Å². The number of aryl methyl sites for hydroxylation is 1. The predicted octanol–water partition coefficient (Wildman–Crippen LogP) is 3.27. The van der Waals surface area contributed by atoms with Crippen molar-refractivity contribution >= 4 is 34.2 Å². The lowest BCUT2D eigenvalue weighted by atomic mass is 9.81. The number of aromatic nitrogens is 2. The SMILES string of the molecule is Cc1cc(-c2csc(NC(=O)CCN3C(=O)[C@H]4CCCC[C@@H]4C3=O)n2)c(C)n1C. The Morgan fingerprint density at radius 3 is 2.45 bits per heavy atom. The third kappa shape index (κ3) is 3.61. The van der Waals surface area contributed by atoms with E-state index in [-0.39, 0.29) is 42.5 Å². The number of amides is 3. The number of nitrogens with one attached hydrogen (secondary N) is 1. The summed E-state index contributed by atoms with van der Waals surface area (Å²) in [6, 6.07) is 2.08. The maximum Gasteiger partial charge on any atom is 0.233 e. The normalized spacial score (nSPS) is 21.6. The molecule has 154 valence electrons. The summed E-state index contributed by atoms with van der Waals surface area (Å²) in [6.45, 7) is 4.23. The third-order valence-corrected chi connectivity index (χ3v) is 7.05. The standard InChI is InChI=1S/C21H26N4O3S/c1-12-10-16(13(2)24(12)3)17-11-29-21(22-17)23-18(26)8-9-25-19(27)14-6-4-5-7-15(14)20(25)28/h10-11,14-15H,4-9H2,1-3H3,(H,22,23,26)/t14-,15-/m0/s1. The number of hydrogen-bond donors (Lipinski definition) is 1. The van der Waals surface area contributed by atoms with E-state index in [4.69, 9.17) is 0 Å². The van der Waals surface area contributed by atoms with E-state index < -0.39 is 0 Å². The van der Waals surface area contributed by atoms with E-state index in [9.17, 15) is 14.4 Å². The summed E-state index contributed by atoms with van der Waals surface area (Å²) < 4.78 is 2.11. The molecule has 0 aromatic carbocycles. The molecule has 4 rings (SSSR count). The minimum Gasteiger partial charge on any atom is -0.351 e. The zero-order valence-corrected chi connectivity index (χ0v) is 17.8. The second-order valence-corrected chi connectivity index (χ2v) is 8.86. The lowest BCUT2D eigenvalue weighted by Crippen LogP contribution is -2.34. The smallest absolute Gasteiger partial charge is 0.233 e. The number of rotatable bonds is 5. The van der Waals surface area contributed by atoms with Crippen LogP contribution in [0.5, 0.6) is 0 Å². The highest BCUT2D eigenvalue weighted by molar-refractivity contribution is 7.14. The van der Waals surface area contributed by atoms with Crippen LogP contribution in [0.25, 0.3) is 11.3 Å². The van der Waals surface area contributed by atoms with Crippen LogP contribution in [-0.4, -0.2) is 38.7 Å². The topological polar surface area (TPSA) is 84.3 Å². The van der Waals surface area contributed by atoms with Gasteiger partial charge in [-0.25, -0.2) is 4.98 Å². The predicted molar refractivity (Wildman–Crippen MR) is 111 cm³/mol. The molecule has 2 aromatic heterocycles. The molecule has 1 N–H and O–H groups in total. The van der Waals surface area contributed by atoms with Crippen LogP contribution in [-0.2, 0) is 21.4 Å². The fraction of sp³-hybridized carbons (Fsp3) is 0.524. The summed E-state index contributed by atoms with van der Waals surface area (Å²) in [6.07, 6.45) is 3.67. The van der Waals surface area contributed by atoms with Gasteiger partial charge in [0.1, 0.15) is 0 Å². The number of nitrogens with zero attached hydrogens (tertiary/aromatic N) is 3. The molecule has 0 radical (unpaired) electrons. The molecule has 7 nitrogen and oxygen atoms in total. The molecule has 0 bridgehead atoms. The van der Waals surface area contributed by atoms with Gasteiger partial charge in [0, 0.05) is 42.3 Å². The van der Waals surface area contributed by atoms with Crippen molar-refractivity contribution in [3.63, 3.8) is 0 Å². The zero-order valence-electron chi connectivity index (χ0n) is 17.0. The molecular formula is C21H26N4O3S. The average Bonchev–Trinajstić information content (AvgIpc) is 3.34. The van der Waals surface area contributed by atoms with Gasteiger partial charge in [-0.1, -0.05) is 12.8 Å². The Bertz CT molecular complexity index is 953. The fourth-order valence-electron chi connectivity index (χ4n) is 4.42. The molecule has 8 heteroatoms. The van der Waals surface area contributed by atoms with Gasteiger partial charge in [-0.2, -0.15) is 0 Å². The summed E-state index contributed by atoms with van der Waals surface area (Å²) in [5, 5.41) is 5.25. The Morgan fingerprint density at radius 2 is 1.86 bits per heavy atom. The van der Waals surface area contributed by atoms with Crippen molar-refractivity contribution in [2.45, 2.75) is 46.0 Å². The molecule has 2 atom stereocenters. The Hall–Kier alpha value is -2.48. The fourth-order valence-corrected chi connectivity index (χ4v) is 5.14. The Morgan fingerprint density at radius 1 is 1.21 bits per heavy atom. The zero-order chi connectivity index (χ0) is 20.7. The minimum atomic E-state index is -0.234. The molecule has 0 spiro atoms. The highest BCUT2D eigenvalue weighted by Crippen LogP contribution is 2.38. The Kier molecular flexibility index (Phi) is 5.29. The van der Waals surface area contributed by atoms with Gasteiger partial charge in [0.05, 0.1) is 17.5 Å². The van der Waals surface area contributed by atoms with E-state index >= 15 is 0 Å². The van der Waals surface area contributed by atoms with Crippen molar-refractivity contribution in [2.75, 3.05) is 11.9 Å². The lowest BCUT2D eigenvalue weighted by Gasteiger charge is -2.19. The molecule has 1 saturated carbocycles. The molecule has 2 aromatic rings. The van der Waals surface area contributed by atoms with Gasteiger partial charge >= 0.3 is 0 Å². The van der Waals surface area contributed by atoms with Crippen LogP contribution in [0.3, 0.4) is 0 Å². The van der Waals surface area contributed by atoms with Gasteiger partial charge in [-0.3, -0.25) is 19.3 Å². The van der Waals surface area contributed by atoms with E-state index in [2.05, 4.69) is 20.9 Å². The van der Waals surface area contributed by atoms with E-state index in [1.807, 2.05) is 26.3 Å². The summed E-state index contributed by atoms with van der Waals surface area (Å²) in [4.78, 5) is 43.2. The number of carbonyl (C=O) groups is 3. The maximum atomic E-state index is 12.5. The van der Waals surface area contributed by atoms with Crippen LogP contribution < -0.4 is 5.32 Å². The largest absolute Gasteiger partial charge is 0.351 e. The van der Waals surface area contributed by atoms with Crippen molar-refractivity contribution in [3.05, 3.63) is 22.8 Å². The van der Waals surface area contributed by atoms with E-state index in [1.54, 1.807) is 0 Å². The highest BCUT2D eigenvalue weighted by Gasteiger charge is 2.47. The number of hydrogen-bond acceptors (Lipinski definition) is 5. The number of fused-ring (bicyclic) bond motifs is 1. The number of imide groups is 1. The molecule has 1 saturated heterocycles. The van der Waals surface area contributed by atoms with Crippen molar-refractivity contribution in [2.24, 2.45) is 18.9 Å². The molecular weight excluding hydrogens is 388 g/mol. The number of likely N-dealkylation sites (tertiary alicyclic amines) is 1. The van der Waals surface area contributed by atoms with Crippen LogP contribution >= 0.6 is 11.3 Å². The first-order chi connectivity index (χ1) is 13.9.